The van der Waals surface area contributed by atoms with Gasteiger partial charge in [-0.1, -0.05) is 18.2 Å². The lowest BCUT2D eigenvalue weighted by atomic mass is 10.1. The number of para-hydroxylation sites is 1. The number of nitrogens with one attached hydrogen (secondary N) is 2. The molecule has 7 rings (SSSR count). The number of rotatable bonds is 3. The Bertz CT molecular complexity index is 1500. The minimum Gasteiger partial charge on any atom is -0.489 e. The van der Waals surface area contributed by atoms with Crippen molar-refractivity contribution in [2.75, 3.05) is 30.8 Å². The Balaban J connectivity index is 1.23. The van der Waals surface area contributed by atoms with Crippen LogP contribution in [0.2, 0.25) is 0 Å². The molecule has 6 bridgehead atoms. The zero-order valence-corrected chi connectivity index (χ0v) is 22.1. The maximum atomic E-state index is 12.6. The minimum atomic E-state index is -0.158. The summed E-state index contributed by atoms with van der Waals surface area (Å²) in [5.74, 6) is 1.93. The van der Waals surface area contributed by atoms with E-state index in [-0.39, 0.29) is 12.0 Å². The number of amides is 1. The SMILES string of the molecule is Nc1cc2ccc1-c1ccnc(n1)Nc1ccc(OCC3Cc4ccccc4O3)c(c1)COCCCCNC2=O. The van der Waals surface area contributed by atoms with Gasteiger partial charge in [0.25, 0.3) is 5.91 Å². The quantitative estimate of drug-likeness (QED) is 0.316. The number of hydrogen-bond donors (Lipinski definition) is 3. The predicted octanol–water partition coefficient (Wildman–Crippen LogP) is 4.89. The van der Waals surface area contributed by atoms with Gasteiger partial charge >= 0.3 is 0 Å². The molecule has 1 atom stereocenters. The van der Waals surface area contributed by atoms with Gasteiger partial charge in [-0.25, -0.2) is 9.97 Å². The molecule has 4 N–H and O–H groups in total. The highest BCUT2D eigenvalue weighted by Gasteiger charge is 2.23. The van der Waals surface area contributed by atoms with Crippen molar-refractivity contribution in [3.63, 3.8) is 0 Å². The van der Waals surface area contributed by atoms with E-state index in [2.05, 4.69) is 26.7 Å². The molecule has 0 saturated heterocycles. The van der Waals surface area contributed by atoms with Crippen LogP contribution in [-0.2, 0) is 17.8 Å². The average Bonchev–Trinajstić information content (AvgIpc) is 3.39. The Hall–Kier alpha value is -4.63. The summed E-state index contributed by atoms with van der Waals surface area (Å²) >= 11 is 0. The predicted molar refractivity (Wildman–Crippen MR) is 153 cm³/mol. The summed E-state index contributed by atoms with van der Waals surface area (Å²) in [6.07, 6.45) is 4.06. The van der Waals surface area contributed by atoms with Crippen molar-refractivity contribution in [3.8, 4) is 22.8 Å². The van der Waals surface area contributed by atoms with Crippen molar-refractivity contribution in [2.24, 2.45) is 0 Å². The summed E-state index contributed by atoms with van der Waals surface area (Å²) in [7, 11) is 0. The van der Waals surface area contributed by atoms with E-state index in [1.807, 2.05) is 42.5 Å². The maximum Gasteiger partial charge on any atom is 0.251 e. The van der Waals surface area contributed by atoms with Gasteiger partial charge in [-0.2, -0.15) is 0 Å². The molecule has 204 valence electrons. The van der Waals surface area contributed by atoms with Crippen molar-refractivity contribution < 1.29 is 19.0 Å². The standard InChI is InChI=1S/C31H31N5O4/c32-26-17-21-7-9-25(26)27-11-13-34-31(36-27)35-23-8-10-28(22(15-23)18-38-14-4-3-12-33-30(21)37)39-19-24-16-20-5-1-2-6-29(20)40-24/h1-2,5-11,13,15,17,24H,3-4,12,14,16,18-19,32H2,(H,33,37)(H,34,35,36). The van der Waals surface area contributed by atoms with Gasteiger partial charge in [-0.3, -0.25) is 4.79 Å². The summed E-state index contributed by atoms with van der Waals surface area (Å²) in [4.78, 5) is 21.6. The molecule has 1 amide bonds. The highest BCUT2D eigenvalue weighted by atomic mass is 16.5. The van der Waals surface area contributed by atoms with Crippen molar-refractivity contribution in [1.82, 2.24) is 15.3 Å². The number of aromatic nitrogens is 2. The van der Waals surface area contributed by atoms with E-state index in [9.17, 15) is 4.79 Å². The molecular weight excluding hydrogens is 506 g/mol. The number of benzene rings is 3. The molecule has 4 aromatic rings. The monoisotopic (exact) mass is 537 g/mol. The van der Waals surface area contributed by atoms with Crippen molar-refractivity contribution in [1.29, 1.82) is 0 Å². The van der Waals surface area contributed by atoms with Crippen LogP contribution in [0.15, 0.2) is 72.9 Å². The number of anilines is 3. The number of nitrogens with zero attached hydrogens (tertiary/aromatic N) is 2. The number of carbonyl (C=O) groups excluding carboxylic acids is 1. The number of hydrogen-bond acceptors (Lipinski definition) is 8. The van der Waals surface area contributed by atoms with Crippen LogP contribution in [-0.4, -0.2) is 41.7 Å². The highest BCUT2D eigenvalue weighted by molar-refractivity contribution is 5.96. The third-order valence-electron chi connectivity index (χ3n) is 6.96. The summed E-state index contributed by atoms with van der Waals surface area (Å²) < 4.78 is 18.3. The third-order valence-corrected chi connectivity index (χ3v) is 6.96. The summed E-state index contributed by atoms with van der Waals surface area (Å²) in [5, 5.41) is 6.24. The average molecular weight is 538 g/mol. The van der Waals surface area contributed by atoms with Gasteiger partial charge in [0.2, 0.25) is 5.95 Å². The van der Waals surface area contributed by atoms with E-state index < -0.39 is 0 Å². The number of nitrogens with two attached hydrogens (primary N) is 1. The largest absolute Gasteiger partial charge is 0.489 e. The van der Waals surface area contributed by atoms with Crippen LogP contribution in [0.3, 0.4) is 0 Å². The highest BCUT2D eigenvalue weighted by Crippen LogP contribution is 2.31. The van der Waals surface area contributed by atoms with E-state index >= 15 is 0 Å². The van der Waals surface area contributed by atoms with Gasteiger partial charge in [0, 0.05) is 53.8 Å². The molecule has 9 heteroatoms. The van der Waals surface area contributed by atoms with Gasteiger partial charge in [-0.15, -0.1) is 0 Å². The minimum absolute atomic E-state index is 0.0423. The number of ether oxygens (including phenoxy) is 3. The van der Waals surface area contributed by atoms with Crippen LogP contribution >= 0.6 is 0 Å². The van der Waals surface area contributed by atoms with E-state index in [1.54, 1.807) is 24.4 Å². The summed E-state index contributed by atoms with van der Waals surface area (Å²) in [6.45, 7) is 1.92. The van der Waals surface area contributed by atoms with Crippen molar-refractivity contribution in [3.05, 3.63) is 89.6 Å². The second-order valence-corrected chi connectivity index (χ2v) is 9.89. The second kappa shape index (κ2) is 11.6. The number of nitrogen functional groups attached to an aromatic ring is 1. The van der Waals surface area contributed by atoms with Crippen LogP contribution in [0.25, 0.3) is 11.3 Å². The fraction of sp³-hybridized carbons (Fsp3) is 0.258. The topological polar surface area (TPSA) is 121 Å². The second-order valence-electron chi connectivity index (χ2n) is 9.89. The van der Waals surface area contributed by atoms with Crippen molar-refractivity contribution in [2.45, 2.75) is 32.0 Å². The Kier molecular flexibility index (Phi) is 7.45. The molecule has 0 spiro atoms. The van der Waals surface area contributed by atoms with Gasteiger partial charge in [-0.05, 0) is 66.9 Å². The fourth-order valence-electron chi connectivity index (χ4n) is 4.89. The lowest BCUT2D eigenvalue weighted by Gasteiger charge is -2.17. The lowest BCUT2D eigenvalue weighted by molar-refractivity contribution is 0.0944. The maximum absolute atomic E-state index is 12.6. The van der Waals surface area contributed by atoms with Crippen LogP contribution in [0, 0.1) is 0 Å². The van der Waals surface area contributed by atoms with Gasteiger partial charge < -0.3 is 30.6 Å². The van der Waals surface area contributed by atoms with E-state index in [1.165, 1.54) is 5.56 Å². The van der Waals surface area contributed by atoms with Gasteiger partial charge in [0.05, 0.1) is 12.3 Å². The zero-order valence-electron chi connectivity index (χ0n) is 22.1. The first-order chi connectivity index (χ1) is 19.6. The molecule has 3 aliphatic rings. The van der Waals surface area contributed by atoms with Crippen molar-refractivity contribution >= 4 is 23.2 Å². The van der Waals surface area contributed by atoms with Crippen LogP contribution in [0.1, 0.15) is 34.3 Å². The molecule has 9 nitrogen and oxygen atoms in total. The molecule has 3 aliphatic heterocycles. The molecule has 1 aromatic heterocycles. The van der Waals surface area contributed by atoms with E-state index in [0.29, 0.717) is 49.3 Å². The number of fused-ring (bicyclic) bond motifs is 10. The van der Waals surface area contributed by atoms with Crippen LogP contribution < -0.4 is 25.8 Å². The third kappa shape index (κ3) is 5.84. The first-order valence-electron chi connectivity index (χ1n) is 13.5. The van der Waals surface area contributed by atoms with Crippen LogP contribution in [0.4, 0.5) is 17.3 Å². The Morgan fingerprint density at radius 2 is 1.95 bits per heavy atom. The smallest absolute Gasteiger partial charge is 0.251 e. The first kappa shape index (κ1) is 25.6. The summed E-state index contributed by atoms with van der Waals surface area (Å²) in [6, 6.07) is 21.0. The van der Waals surface area contributed by atoms with Crippen LogP contribution in [0.5, 0.6) is 11.5 Å². The first-order valence-corrected chi connectivity index (χ1v) is 13.5. The Morgan fingerprint density at radius 3 is 2.85 bits per heavy atom. The summed E-state index contributed by atoms with van der Waals surface area (Å²) in [5.41, 5.74) is 11.6. The van der Waals surface area contributed by atoms with Gasteiger partial charge in [0.15, 0.2) is 0 Å². The lowest BCUT2D eigenvalue weighted by Crippen LogP contribution is -2.24. The molecule has 1 unspecified atom stereocenters. The zero-order chi connectivity index (χ0) is 27.3. The molecular formula is C31H31N5O4. The molecule has 0 aliphatic carbocycles. The Morgan fingerprint density at radius 1 is 1.02 bits per heavy atom. The fourth-order valence-corrected chi connectivity index (χ4v) is 4.89. The number of carbonyl (C=O) groups is 1. The molecule has 0 fully saturated rings. The van der Waals surface area contributed by atoms with E-state index in [4.69, 9.17) is 19.9 Å². The van der Waals surface area contributed by atoms with E-state index in [0.717, 1.165) is 47.6 Å². The molecule has 40 heavy (non-hydrogen) atoms. The van der Waals surface area contributed by atoms with Gasteiger partial charge in [0.1, 0.15) is 24.2 Å². The molecule has 0 saturated carbocycles. The molecule has 4 heterocycles. The molecule has 3 aromatic carbocycles. The Labute approximate surface area is 232 Å². The molecule has 0 radical (unpaired) electrons. The normalized spacial score (nSPS) is 16.9.